The molecule has 0 aliphatic rings. The number of halogens is 1. The fourth-order valence-corrected chi connectivity index (χ4v) is 1.39. The summed E-state index contributed by atoms with van der Waals surface area (Å²) in [5.41, 5.74) is 6.65. The van der Waals surface area contributed by atoms with Crippen molar-refractivity contribution in [3.8, 4) is 0 Å². The smallest absolute Gasteiger partial charge is 0.339 e. The Morgan fingerprint density at radius 1 is 1.44 bits per heavy atom. The molecule has 4 nitrogen and oxygen atoms in total. The van der Waals surface area contributed by atoms with E-state index in [2.05, 4.69) is 4.74 Å². The first kappa shape index (κ1) is 12.5. The number of hydrogen-bond acceptors (Lipinski definition) is 4. The first-order valence-corrected chi connectivity index (χ1v) is 5.03. The minimum atomic E-state index is -0.774. The lowest BCUT2D eigenvalue weighted by molar-refractivity contribution is -0.116. The van der Waals surface area contributed by atoms with E-state index in [-0.39, 0.29) is 11.3 Å². The molecule has 0 bridgehead atoms. The van der Waals surface area contributed by atoms with Gasteiger partial charge in [-0.15, -0.1) is 11.6 Å². The Labute approximate surface area is 98.3 Å². The minimum absolute atomic E-state index is 0.192. The van der Waals surface area contributed by atoms with Gasteiger partial charge in [0.05, 0.1) is 12.7 Å². The fourth-order valence-electron chi connectivity index (χ4n) is 1.25. The Kier molecular flexibility index (Phi) is 3.90. The number of anilines is 1. The van der Waals surface area contributed by atoms with Crippen LogP contribution < -0.4 is 5.73 Å². The second kappa shape index (κ2) is 4.99. The second-order valence-electron chi connectivity index (χ2n) is 3.31. The molecule has 86 valence electrons. The Bertz CT molecular complexity index is 431. The van der Waals surface area contributed by atoms with Gasteiger partial charge in [0.2, 0.25) is 0 Å². The van der Waals surface area contributed by atoms with Crippen LogP contribution in [-0.4, -0.2) is 18.9 Å². The lowest BCUT2D eigenvalue weighted by atomic mass is 10.0. The standard InChI is InChI=1S/C11H12ClNO3/c1-6(14)10(12)7-3-4-9(13)8(5-7)11(15)16-2/h3-5,10H,13H2,1-2H3. The van der Waals surface area contributed by atoms with Crippen molar-refractivity contribution < 1.29 is 14.3 Å². The average molecular weight is 242 g/mol. The molecule has 16 heavy (non-hydrogen) atoms. The lowest BCUT2D eigenvalue weighted by Crippen LogP contribution is -2.08. The number of ether oxygens (including phenoxy) is 1. The molecule has 0 radical (unpaired) electrons. The summed E-state index contributed by atoms with van der Waals surface area (Å²) < 4.78 is 4.57. The van der Waals surface area contributed by atoms with Crippen LogP contribution in [0.3, 0.4) is 0 Å². The number of benzene rings is 1. The zero-order valence-electron chi connectivity index (χ0n) is 8.99. The molecule has 0 heterocycles. The normalized spacial score (nSPS) is 11.9. The van der Waals surface area contributed by atoms with Gasteiger partial charge in [-0.05, 0) is 24.6 Å². The van der Waals surface area contributed by atoms with E-state index in [1.165, 1.54) is 26.2 Å². The molecule has 0 saturated heterocycles. The number of nitrogens with two attached hydrogens (primary N) is 1. The van der Waals surface area contributed by atoms with Crippen LogP contribution in [0.5, 0.6) is 0 Å². The number of alkyl halides is 1. The van der Waals surface area contributed by atoms with E-state index in [1.54, 1.807) is 6.07 Å². The van der Waals surface area contributed by atoms with Crippen LogP contribution in [0.4, 0.5) is 5.69 Å². The molecule has 2 N–H and O–H groups in total. The highest BCUT2D eigenvalue weighted by molar-refractivity contribution is 6.30. The summed E-state index contributed by atoms with van der Waals surface area (Å²) in [6, 6.07) is 4.61. The molecule has 0 fully saturated rings. The molecular formula is C11H12ClNO3. The van der Waals surface area contributed by atoms with Crippen molar-refractivity contribution in [2.75, 3.05) is 12.8 Å². The third-order valence-corrected chi connectivity index (χ3v) is 2.69. The molecule has 0 aromatic heterocycles. The van der Waals surface area contributed by atoms with Crippen LogP contribution in [0.15, 0.2) is 18.2 Å². The highest BCUT2D eigenvalue weighted by atomic mass is 35.5. The zero-order chi connectivity index (χ0) is 12.3. The average Bonchev–Trinajstić information content (AvgIpc) is 2.27. The van der Waals surface area contributed by atoms with Gasteiger partial charge in [0.25, 0.3) is 0 Å². The summed E-state index contributed by atoms with van der Waals surface area (Å²) in [5, 5.41) is -0.774. The fraction of sp³-hybridized carbons (Fsp3) is 0.273. The van der Waals surface area contributed by atoms with Gasteiger partial charge in [-0.1, -0.05) is 6.07 Å². The van der Waals surface area contributed by atoms with Gasteiger partial charge in [-0.3, -0.25) is 4.79 Å². The van der Waals surface area contributed by atoms with Crippen LogP contribution in [0.1, 0.15) is 28.2 Å². The van der Waals surface area contributed by atoms with E-state index < -0.39 is 11.3 Å². The predicted octanol–water partition coefficient (Wildman–Crippen LogP) is 1.92. The van der Waals surface area contributed by atoms with Gasteiger partial charge >= 0.3 is 5.97 Å². The summed E-state index contributed by atoms with van der Waals surface area (Å²) in [6.07, 6.45) is 0. The van der Waals surface area contributed by atoms with E-state index in [9.17, 15) is 9.59 Å². The Morgan fingerprint density at radius 2 is 2.06 bits per heavy atom. The number of nitrogen functional groups attached to an aromatic ring is 1. The van der Waals surface area contributed by atoms with Gasteiger partial charge < -0.3 is 10.5 Å². The monoisotopic (exact) mass is 241 g/mol. The van der Waals surface area contributed by atoms with Crippen molar-refractivity contribution in [1.29, 1.82) is 0 Å². The topological polar surface area (TPSA) is 69.4 Å². The van der Waals surface area contributed by atoms with E-state index in [1.807, 2.05) is 0 Å². The molecular weight excluding hydrogens is 230 g/mol. The van der Waals surface area contributed by atoms with Crippen LogP contribution in [0.25, 0.3) is 0 Å². The predicted molar refractivity (Wildman–Crippen MR) is 61.5 cm³/mol. The summed E-state index contributed by atoms with van der Waals surface area (Å²) in [7, 11) is 1.26. The third-order valence-electron chi connectivity index (χ3n) is 2.13. The third kappa shape index (κ3) is 2.52. The Hall–Kier alpha value is -1.55. The highest BCUT2D eigenvalue weighted by Gasteiger charge is 2.17. The number of esters is 1. The van der Waals surface area contributed by atoms with Crippen LogP contribution >= 0.6 is 11.6 Å². The minimum Gasteiger partial charge on any atom is -0.465 e. The van der Waals surface area contributed by atoms with Crippen molar-refractivity contribution >= 4 is 29.0 Å². The molecule has 0 aliphatic heterocycles. The number of ketones is 1. The molecule has 1 rings (SSSR count). The molecule has 0 spiro atoms. The molecule has 5 heteroatoms. The van der Waals surface area contributed by atoms with Crippen molar-refractivity contribution in [2.45, 2.75) is 12.3 Å². The summed E-state index contributed by atoms with van der Waals surface area (Å²) in [5.74, 6) is -0.742. The quantitative estimate of drug-likeness (QED) is 0.499. The zero-order valence-corrected chi connectivity index (χ0v) is 9.75. The molecule has 0 aliphatic carbocycles. The maximum absolute atomic E-state index is 11.3. The van der Waals surface area contributed by atoms with E-state index in [4.69, 9.17) is 17.3 Å². The maximum Gasteiger partial charge on any atom is 0.339 e. The van der Waals surface area contributed by atoms with Crippen molar-refractivity contribution in [2.24, 2.45) is 0 Å². The molecule has 1 unspecified atom stereocenters. The van der Waals surface area contributed by atoms with E-state index in [0.717, 1.165) is 0 Å². The van der Waals surface area contributed by atoms with E-state index in [0.29, 0.717) is 11.3 Å². The van der Waals surface area contributed by atoms with Crippen molar-refractivity contribution in [1.82, 2.24) is 0 Å². The second-order valence-corrected chi connectivity index (χ2v) is 3.75. The number of methoxy groups -OCH3 is 1. The van der Waals surface area contributed by atoms with Gasteiger partial charge in [0.15, 0.2) is 5.78 Å². The Balaban J connectivity index is 3.17. The number of carbonyl (C=O) groups is 2. The van der Waals surface area contributed by atoms with Gasteiger partial charge in [0, 0.05) is 5.69 Å². The number of carbonyl (C=O) groups excluding carboxylic acids is 2. The lowest BCUT2D eigenvalue weighted by Gasteiger charge is -2.09. The van der Waals surface area contributed by atoms with Crippen molar-refractivity contribution in [3.63, 3.8) is 0 Å². The van der Waals surface area contributed by atoms with Crippen molar-refractivity contribution in [3.05, 3.63) is 29.3 Å². The summed E-state index contributed by atoms with van der Waals surface area (Å²) in [6.45, 7) is 1.38. The Morgan fingerprint density at radius 3 is 2.56 bits per heavy atom. The number of rotatable bonds is 3. The van der Waals surface area contributed by atoms with Gasteiger partial charge in [0.1, 0.15) is 5.38 Å². The maximum atomic E-state index is 11.3. The molecule has 1 aromatic rings. The summed E-state index contributed by atoms with van der Waals surface area (Å²) in [4.78, 5) is 22.4. The van der Waals surface area contributed by atoms with Crippen LogP contribution in [0, 0.1) is 0 Å². The van der Waals surface area contributed by atoms with Crippen LogP contribution in [0.2, 0.25) is 0 Å². The SMILES string of the molecule is COC(=O)c1cc(C(Cl)C(C)=O)ccc1N. The molecule has 1 aromatic carbocycles. The number of Topliss-reactive ketones (excluding diaryl/α,β-unsaturated/α-hetero) is 1. The van der Waals surface area contributed by atoms with Gasteiger partial charge in [-0.25, -0.2) is 4.79 Å². The molecule has 0 amide bonds. The molecule has 0 saturated carbocycles. The van der Waals surface area contributed by atoms with Gasteiger partial charge in [-0.2, -0.15) is 0 Å². The van der Waals surface area contributed by atoms with E-state index >= 15 is 0 Å². The molecule has 1 atom stereocenters. The highest BCUT2D eigenvalue weighted by Crippen LogP contribution is 2.25. The number of hydrogen-bond donors (Lipinski definition) is 1. The first-order valence-electron chi connectivity index (χ1n) is 4.59. The summed E-state index contributed by atoms with van der Waals surface area (Å²) >= 11 is 5.87. The van der Waals surface area contributed by atoms with Crippen LogP contribution in [-0.2, 0) is 9.53 Å². The largest absolute Gasteiger partial charge is 0.465 e. The first-order chi connectivity index (χ1) is 7.47.